The number of rotatable bonds is 1. The van der Waals surface area contributed by atoms with Crippen molar-refractivity contribution < 1.29 is 8.78 Å². The van der Waals surface area contributed by atoms with Crippen LogP contribution in [0.3, 0.4) is 0 Å². The molecule has 0 saturated carbocycles. The summed E-state index contributed by atoms with van der Waals surface area (Å²) in [4.78, 5) is 3.95. The Kier molecular flexibility index (Phi) is 3.68. The molecule has 0 heterocycles. The molecular weight excluding hydrogens is 278 g/mol. The number of halogens is 3. The van der Waals surface area contributed by atoms with Crippen molar-refractivity contribution in [1.29, 1.82) is 0 Å². The van der Waals surface area contributed by atoms with E-state index in [0.717, 1.165) is 6.07 Å². The lowest BCUT2D eigenvalue weighted by atomic mass is 9.95. The van der Waals surface area contributed by atoms with Crippen molar-refractivity contribution in [3.63, 3.8) is 0 Å². The minimum Gasteiger partial charge on any atom is -0.387 e. The number of amidine groups is 1. The van der Waals surface area contributed by atoms with Crippen LogP contribution < -0.4 is 5.73 Å². The third kappa shape index (κ3) is 3.01. The maximum atomic E-state index is 13.4. The van der Waals surface area contributed by atoms with E-state index in [2.05, 4.69) is 20.9 Å². The van der Waals surface area contributed by atoms with Gasteiger partial charge in [0.25, 0.3) is 0 Å². The zero-order valence-corrected chi connectivity index (χ0v) is 10.9. The molecular formula is C11H13BrF2N2. The highest BCUT2D eigenvalue weighted by atomic mass is 79.9. The second-order valence-electron chi connectivity index (χ2n) is 4.46. The van der Waals surface area contributed by atoms with Gasteiger partial charge in [-0.1, -0.05) is 20.8 Å². The molecule has 0 fully saturated rings. The smallest absolute Gasteiger partial charge is 0.151 e. The highest BCUT2D eigenvalue weighted by Gasteiger charge is 2.17. The first-order chi connectivity index (χ1) is 7.21. The van der Waals surface area contributed by atoms with Gasteiger partial charge >= 0.3 is 0 Å². The van der Waals surface area contributed by atoms with Crippen LogP contribution >= 0.6 is 15.9 Å². The Hall–Kier alpha value is -0.970. The third-order valence-corrected chi connectivity index (χ3v) is 2.61. The zero-order valence-electron chi connectivity index (χ0n) is 9.31. The lowest BCUT2D eigenvalue weighted by molar-refractivity contribution is 0.575. The van der Waals surface area contributed by atoms with E-state index < -0.39 is 11.6 Å². The normalized spacial score (nSPS) is 13.0. The van der Waals surface area contributed by atoms with Crippen LogP contribution in [0.15, 0.2) is 21.6 Å². The Bertz CT molecular complexity index is 436. The fourth-order valence-corrected chi connectivity index (χ4v) is 1.23. The molecule has 0 bridgehead atoms. The van der Waals surface area contributed by atoms with Gasteiger partial charge in [-0.2, -0.15) is 0 Å². The van der Waals surface area contributed by atoms with E-state index in [1.807, 2.05) is 20.8 Å². The summed E-state index contributed by atoms with van der Waals surface area (Å²) in [5.74, 6) is -1.09. The molecule has 1 aromatic carbocycles. The summed E-state index contributed by atoms with van der Waals surface area (Å²) < 4.78 is 26.5. The molecule has 0 amide bonds. The average Bonchev–Trinajstić information content (AvgIpc) is 2.12. The number of nitrogens with zero attached hydrogens (tertiary/aromatic N) is 1. The van der Waals surface area contributed by atoms with E-state index in [4.69, 9.17) is 5.73 Å². The summed E-state index contributed by atoms with van der Waals surface area (Å²) >= 11 is 2.97. The van der Waals surface area contributed by atoms with Crippen LogP contribution in [0.5, 0.6) is 0 Å². The number of hydrogen-bond acceptors (Lipinski definition) is 1. The van der Waals surface area contributed by atoms with Gasteiger partial charge in [0, 0.05) is 11.5 Å². The molecule has 5 heteroatoms. The Balaban J connectivity index is 3.21. The molecule has 0 unspecified atom stereocenters. The Morgan fingerprint density at radius 2 is 1.81 bits per heavy atom. The van der Waals surface area contributed by atoms with Crippen molar-refractivity contribution in [3.8, 4) is 0 Å². The first kappa shape index (κ1) is 13.1. The molecule has 0 aromatic heterocycles. The summed E-state index contributed by atoms with van der Waals surface area (Å²) in [6, 6.07) is 2.04. The van der Waals surface area contributed by atoms with Crippen molar-refractivity contribution in [2.75, 3.05) is 0 Å². The van der Waals surface area contributed by atoms with Crippen LogP contribution in [0, 0.1) is 17.0 Å². The van der Waals surface area contributed by atoms with Gasteiger partial charge in [-0.05, 0) is 22.0 Å². The lowest BCUT2D eigenvalue weighted by Crippen LogP contribution is -2.28. The van der Waals surface area contributed by atoms with Gasteiger partial charge in [0.1, 0.15) is 17.3 Å². The molecule has 1 rings (SSSR count). The summed E-state index contributed by atoms with van der Waals surface area (Å²) in [6.07, 6.45) is 0. The molecule has 0 spiro atoms. The first-order valence-corrected chi connectivity index (χ1v) is 5.50. The van der Waals surface area contributed by atoms with Crippen LogP contribution in [0.2, 0.25) is 0 Å². The number of aliphatic imine (C=N–C) groups is 1. The van der Waals surface area contributed by atoms with E-state index in [0.29, 0.717) is 5.84 Å². The fraction of sp³-hybridized carbons (Fsp3) is 0.364. The fourth-order valence-electron chi connectivity index (χ4n) is 0.895. The zero-order chi connectivity index (χ0) is 12.5. The molecule has 16 heavy (non-hydrogen) atoms. The summed E-state index contributed by atoms with van der Waals surface area (Å²) in [6.45, 7) is 5.59. The molecule has 1 aromatic rings. The van der Waals surface area contributed by atoms with Gasteiger partial charge in [0.15, 0.2) is 5.82 Å². The molecule has 88 valence electrons. The molecule has 0 aliphatic heterocycles. The van der Waals surface area contributed by atoms with E-state index in [-0.39, 0.29) is 15.6 Å². The molecule has 0 saturated heterocycles. The number of benzene rings is 1. The van der Waals surface area contributed by atoms with Crippen molar-refractivity contribution >= 4 is 27.5 Å². The number of hydrogen-bond donors (Lipinski definition) is 1. The SMILES string of the molecule is CC(C)(C)C(N)=Nc1cc(Br)c(F)cc1F. The maximum Gasteiger partial charge on any atom is 0.151 e. The summed E-state index contributed by atoms with van der Waals surface area (Å²) in [7, 11) is 0. The van der Waals surface area contributed by atoms with Gasteiger partial charge in [-0.25, -0.2) is 13.8 Å². The Morgan fingerprint density at radius 3 is 2.31 bits per heavy atom. The second-order valence-corrected chi connectivity index (χ2v) is 5.32. The van der Waals surface area contributed by atoms with Gasteiger partial charge < -0.3 is 5.73 Å². The average molecular weight is 291 g/mol. The van der Waals surface area contributed by atoms with Gasteiger partial charge in [0.2, 0.25) is 0 Å². The highest BCUT2D eigenvalue weighted by Crippen LogP contribution is 2.27. The van der Waals surface area contributed by atoms with Gasteiger partial charge in [-0.3, -0.25) is 0 Å². The minimum atomic E-state index is -0.729. The summed E-state index contributed by atoms with van der Waals surface area (Å²) in [5.41, 5.74) is 5.39. The van der Waals surface area contributed by atoms with Crippen molar-refractivity contribution in [2.24, 2.45) is 16.1 Å². The standard InChI is InChI=1S/C11H13BrF2N2/c1-11(2,3)10(15)16-9-4-6(12)7(13)5-8(9)14/h4-5H,1-3H3,(H2,15,16). The minimum absolute atomic E-state index is 0.0284. The molecule has 0 radical (unpaired) electrons. The second kappa shape index (κ2) is 4.49. The van der Waals surface area contributed by atoms with E-state index >= 15 is 0 Å². The predicted octanol–water partition coefficient (Wildman–Crippen LogP) is 3.76. The van der Waals surface area contributed by atoms with E-state index in [1.54, 1.807) is 0 Å². The number of nitrogens with two attached hydrogens (primary N) is 1. The third-order valence-electron chi connectivity index (χ3n) is 2.00. The van der Waals surface area contributed by atoms with Crippen molar-refractivity contribution in [1.82, 2.24) is 0 Å². The van der Waals surface area contributed by atoms with Crippen molar-refractivity contribution in [3.05, 3.63) is 28.2 Å². The molecule has 0 aliphatic rings. The van der Waals surface area contributed by atoms with E-state index in [1.165, 1.54) is 6.07 Å². The topological polar surface area (TPSA) is 38.4 Å². The molecule has 2 N–H and O–H groups in total. The molecule has 0 atom stereocenters. The largest absolute Gasteiger partial charge is 0.387 e. The maximum absolute atomic E-state index is 13.4. The Morgan fingerprint density at radius 1 is 1.25 bits per heavy atom. The Labute approximate surface area is 102 Å². The molecule has 2 nitrogen and oxygen atoms in total. The highest BCUT2D eigenvalue weighted by molar-refractivity contribution is 9.10. The first-order valence-electron chi connectivity index (χ1n) is 4.71. The predicted molar refractivity (Wildman–Crippen MR) is 64.8 cm³/mol. The van der Waals surface area contributed by atoms with Gasteiger partial charge in [0.05, 0.1) is 4.47 Å². The lowest BCUT2D eigenvalue weighted by Gasteiger charge is -2.17. The van der Waals surface area contributed by atoms with Crippen LogP contribution in [0.4, 0.5) is 14.5 Å². The van der Waals surface area contributed by atoms with Crippen LogP contribution in [-0.4, -0.2) is 5.84 Å². The quantitative estimate of drug-likeness (QED) is 0.477. The monoisotopic (exact) mass is 290 g/mol. The van der Waals surface area contributed by atoms with Crippen LogP contribution in [0.25, 0.3) is 0 Å². The summed E-state index contributed by atoms with van der Waals surface area (Å²) in [5, 5.41) is 0. The van der Waals surface area contributed by atoms with Crippen LogP contribution in [0.1, 0.15) is 20.8 Å². The van der Waals surface area contributed by atoms with Gasteiger partial charge in [-0.15, -0.1) is 0 Å². The van der Waals surface area contributed by atoms with Crippen LogP contribution in [-0.2, 0) is 0 Å². The molecule has 0 aliphatic carbocycles. The van der Waals surface area contributed by atoms with E-state index in [9.17, 15) is 8.78 Å². The van der Waals surface area contributed by atoms with Crippen molar-refractivity contribution in [2.45, 2.75) is 20.8 Å².